The van der Waals surface area contributed by atoms with E-state index in [1.165, 1.54) is 6.07 Å². The molecule has 0 aliphatic carbocycles. The monoisotopic (exact) mass is 425 g/mol. The zero-order valence-electron chi connectivity index (χ0n) is 14.4. The van der Waals surface area contributed by atoms with Crippen LogP contribution in [-0.4, -0.2) is 15.0 Å². The van der Waals surface area contributed by atoms with Crippen LogP contribution >= 0.6 is 23.8 Å². The third-order valence-corrected chi connectivity index (χ3v) is 4.50. The van der Waals surface area contributed by atoms with Crippen LogP contribution in [0.5, 0.6) is 0 Å². The van der Waals surface area contributed by atoms with E-state index in [1.54, 1.807) is 35.6 Å². The summed E-state index contributed by atoms with van der Waals surface area (Å²) in [6, 6.07) is 12.1. The molecule has 2 aromatic heterocycles. The smallest absolute Gasteiger partial charge is 0.416 e. The predicted molar refractivity (Wildman–Crippen MR) is 105 cm³/mol. The fourth-order valence-electron chi connectivity index (χ4n) is 2.46. The van der Waals surface area contributed by atoms with Crippen LogP contribution in [0, 0.1) is 0 Å². The number of anilines is 1. The van der Waals surface area contributed by atoms with E-state index in [1.807, 2.05) is 12.1 Å². The minimum atomic E-state index is -4.47. The Morgan fingerprint density at radius 3 is 2.57 bits per heavy atom. The molecule has 0 bridgehead atoms. The van der Waals surface area contributed by atoms with Crippen molar-refractivity contribution in [2.24, 2.45) is 0 Å². The van der Waals surface area contributed by atoms with Gasteiger partial charge in [-0.15, -0.1) is 0 Å². The number of alkyl halides is 3. The maximum absolute atomic E-state index is 12.8. The van der Waals surface area contributed by atoms with Crippen molar-refractivity contribution < 1.29 is 17.6 Å². The normalized spacial score (nSPS) is 11.3. The van der Waals surface area contributed by atoms with Gasteiger partial charge in [-0.3, -0.25) is 4.98 Å². The molecule has 0 spiro atoms. The molecule has 0 atom stereocenters. The van der Waals surface area contributed by atoms with Crippen LogP contribution in [0.4, 0.5) is 18.9 Å². The largest absolute Gasteiger partial charge is 0.467 e. The molecule has 28 heavy (non-hydrogen) atoms. The average molecular weight is 426 g/mol. The summed E-state index contributed by atoms with van der Waals surface area (Å²) in [4.78, 5) is 6.06. The first-order chi connectivity index (χ1) is 13.3. The SMILES string of the molecule is FC(F)(F)c1ccc(NC(=S)N(Cc2ccccn2)Cc2ccco2)c(Cl)c1. The molecule has 3 aromatic rings. The van der Waals surface area contributed by atoms with E-state index in [0.717, 1.165) is 17.8 Å². The molecule has 2 heterocycles. The molecular formula is C19H15ClF3N3OS. The Morgan fingerprint density at radius 2 is 1.96 bits per heavy atom. The third kappa shape index (κ3) is 5.24. The molecule has 3 rings (SSSR count). The summed E-state index contributed by atoms with van der Waals surface area (Å²) in [5.74, 6) is 0.679. The lowest BCUT2D eigenvalue weighted by atomic mass is 10.2. The van der Waals surface area contributed by atoms with Gasteiger partial charge in [-0.2, -0.15) is 13.2 Å². The van der Waals surface area contributed by atoms with Gasteiger partial charge in [-0.25, -0.2) is 0 Å². The van der Waals surface area contributed by atoms with Gasteiger partial charge in [0, 0.05) is 6.20 Å². The van der Waals surface area contributed by atoms with Gasteiger partial charge in [0.25, 0.3) is 0 Å². The molecule has 0 saturated carbocycles. The number of nitrogens with zero attached hydrogens (tertiary/aromatic N) is 2. The first-order valence-corrected chi connectivity index (χ1v) is 8.96. The minimum Gasteiger partial charge on any atom is -0.467 e. The van der Waals surface area contributed by atoms with Crippen molar-refractivity contribution in [3.8, 4) is 0 Å². The van der Waals surface area contributed by atoms with Gasteiger partial charge in [0.05, 0.1) is 41.3 Å². The van der Waals surface area contributed by atoms with Gasteiger partial charge >= 0.3 is 6.18 Å². The van der Waals surface area contributed by atoms with Crippen molar-refractivity contribution in [2.75, 3.05) is 5.32 Å². The number of hydrogen-bond acceptors (Lipinski definition) is 3. The fourth-order valence-corrected chi connectivity index (χ4v) is 2.93. The molecule has 0 fully saturated rings. The maximum atomic E-state index is 12.8. The second kappa shape index (κ2) is 8.62. The lowest BCUT2D eigenvalue weighted by Crippen LogP contribution is -2.34. The third-order valence-electron chi connectivity index (χ3n) is 3.83. The van der Waals surface area contributed by atoms with E-state index in [-0.39, 0.29) is 15.8 Å². The summed E-state index contributed by atoms with van der Waals surface area (Å²) in [6.45, 7) is 0.735. The highest BCUT2D eigenvalue weighted by Gasteiger charge is 2.31. The standard InChI is InChI=1S/C19H15ClF3N3OS/c20-16-10-13(19(21,22)23)6-7-17(16)25-18(28)26(12-15-5-3-9-27-15)11-14-4-1-2-8-24-14/h1-10H,11-12H2,(H,25,28). The summed E-state index contributed by atoms with van der Waals surface area (Å²) in [5, 5.41) is 3.12. The molecule has 0 saturated heterocycles. The van der Waals surface area contributed by atoms with E-state index >= 15 is 0 Å². The molecule has 1 aromatic carbocycles. The summed E-state index contributed by atoms with van der Waals surface area (Å²) >= 11 is 11.5. The number of thiocarbonyl (C=S) groups is 1. The van der Waals surface area contributed by atoms with E-state index in [2.05, 4.69) is 10.3 Å². The quantitative estimate of drug-likeness (QED) is 0.527. The minimum absolute atomic E-state index is 0.0760. The number of furan rings is 1. The lowest BCUT2D eigenvalue weighted by Gasteiger charge is -2.25. The Kier molecular flexibility index (Phi) is 6.21. The molecule has 4 nitrogen and oxygen atoms in total. The number of pyridine rings is 1. The van der Waals surface area contributed by atoms with Gasteiger partial charge in [-0.1, -0.05) is 17.7 Å². The molecule has 9 heteroatoms. The van der Waals surface area contributed by atoms with Gasteiger partial charge < -0.3 is 14.6 Å². The zero-order chi connectivity index (χ0) is 20.1. The maximum Gasteiger partial charge on any atom is 0.416 e. The summed E-state index contributed by atoms with van der Waals surface area (Å²) in [5.41, 5.74) is 0.233. The Bertz CT molecular complexity index is 933. The summed E-state index contributed by atoms with van der Waals surface area (Å²) in [6.07, 6.45) is -1.24. The predicted octanol–water partition coefficient (Wildman–Crippen LogP) is 5.75. The van der Waals surface area contributed by atoms with Crippen LogP contribution in [0.15, 0.2) is 65.4 Å². The number of aromatic nitrogens is 1. The van der Waals surface area contributed by atoms with Crippen molar-refractivity contribution in [3.05, 3.63) is 83.0 Å². The van der Waals surface area contributed by atoms with Gasteiger partial charge in [0.1, 0.15) is 5.76 Å². The highest BCUT2D eigenvalue weighted by atomic mass is 35.5. The second-order valence-corrected chi connectivity index (χ2v) is 6.67. The Balaban J connectivity index is 1.79. The summed E-state index contributed by atoms with van der Waals surface area (Å²) < 4.78 is 43.8. The Hall–Kier alpha value is -2.58. The van der Waals surface area contributed by atoms with Crippen LogP contribution in [0.25, 0.3) is 0 Å². The van der Waals surface area contributed by atoms with E-state index < -0.39 is 11.7 Å². The van der Waals surface area contributed by atoms with Crippen LogP contribution in [0.3, 0.4) is 0 Å². The van der Waals surface area contributed by atoms with Crippen molar-refractivity contribution in [1.82, 2.24) is 9.88 Å². The second-order valence-electron chi connectivity index (χ2n) is 5.88. The number of nitrogens with one attached hydrogen (secondary N) is 1. The highest BCUT2D eigenvalue weighted by Crippen LogP contribution is 2.33. The van der Waals surface area contributed by atoms with Crippen LogP contribution in [0.1, 0.15) is 17.0 Å². The van der Waals surface area contributed by atoms with Crippen LogP contribution < -0.4 is 5.32 Å². The topological polar surface area (TPSA) is 41.3 Å². The van der Waals surface area contributed by atoms with Crippen LogP contribution in [-0.2, 0) is 19.3 Å². The molecule has 0 aliphatic rings. The Labute approximate surface area is 169 Å². The van der Waals surface area contributed by atoms with Gasteiger partial charge in [-0.05, 0) is 54.7 Å². The molecule has 0 radical (unpaired) electrons. The Morgan fingerprint density at radius 1 is 1.14 bits per heavy atom. The first kappa shape index (κ1) is 20.2. The van der Waals surface area contributed by atoms with Crippen molar-refractivity contribution in [2.45, 2.75) is 19.3 Å². The lowest BCUT2D eigenvalue weighted by molar-refractivity contribution is -0.137. The molecule has 0 aliphatic heterocycles. The van der Waals surface area contributed by atoms with E-state index in [0.29, 0.717) is 18.8 Å². The van der Waals surface area contributed by atoms with E-state index in [4.69, 9.17) is 28.2 Å². The first-order valence-electron chi connectivity index (χ1n) is 8.18. The number of rotatable bonds is 5. The van der Waals surface area contributed by atoms with Gasteiger partial charge in [0.2, 0.25) is 0 Å². The average Bonchev–Trinajstić information content (AvgIpc) is 3.16. The molecular weight excluding hydrogens is 411 g/mol. The molecule has 0 unspecified atom stereocenters. The van der Waals surface area contributed by atoms with E-state index in [9.17, 15) is 13.2 Å². The van der Waals surface area contributed by atoms with Crippen molar-refractivity contribution in [1.29, 1.82) is 0 Å². The van der Waals surface area contributed by atoms with Crippen molar-refractivity contribution in [3.63, 3.8) is 0 Å². The van der Waals surface area contributed by atoms with Crippen LogP contribution in [0.2, 0.25) is 5.02 Å². The zero-order valence-corrected chi connectivity index (χ0v) is 16.0. The highest BCUT2D eigenvalue weighted by molar-refractivity contribution is 7.80. The number of halogens is 4. The number of benzene rings is 1. The van der Waals surface area contributed by atoms with Crippen molar-refractivity contribution >= 4 is 34.6 Å². The number of hydrogen-bond donors (Lipinski definition) is 1. The molecule has 0 amide bonds. The van der Waals surface area contributed by atoms with Gasteiger partial charge in [0.15, 0.2) is 5.11 Å². The molecule has 1 N–H and O–H groups in total. The fraction of sp³-hybridized carbons (Fsp3) is 0.158. The molecule has 146 valence electrons. The summed E-state index contributed by atoms with van der Waals surface area (Å²) in [7, 11) is 0.